The Labute approximate surface area is 109 Å². The number of nitrogens with one attached hydrogen (secondary N) is 2. The summed E-state index contributed by atoms with van der Waals surface area (Å²) in [6.07, 6.45) is -5.21. The van der Waals surface area contributed by atoms with Gasteiger partial charge in [-0.05, 0) is 25.1 Å². The zero-order valence-electron chi connectivity index (χ0n) is 10.5. The van der Waals surface area contributed by atoms with E-state index in [9.17, 15) is 18.0 Å². The molecule has 0 aromatic heterocycles. The minimum absolute atomic E-state index is 0.276. The fourth-order valence-corrected chi connectivity index (χ4v) is 1.50. The third kappa shape index (κ3) is 5.07. The van der Waals surface area contributed by atoms with Crippen LogP contribution in [-0.2, 0) is 0 Å². The predicted molar refractivity (Wildman–Crippen MR) is 68.0 cm³/mol. The van der Waals surface area contributed by atoms with Crippen molar-refractivity contribution >= 4 is 17.3 Å². The lowest BCUT2D eigenvalue weighted by Crippen LogP contribution is -2.24. The van der Waals surface area contributed by atoms with E-state index in [0.717, 1.165) is 0 Å². The first-order chi connectivity index (χ1) is 8.83. The molecule has 1 aromatic rings. The lowest BCUT2D eigenvalue weighted by atomic mass is 10.1. The number of hydrogen-bond donors (Lipinski definition) is 3. The SMILES string of the molecule is CCNC(=O)c1ccc(N)cc1NCCC(F)(F)F. The van der Waals surface area contributed by atoms with Crippen molar-refractivity contribution in [2.24, 2.45) is 0 Å². The maximum Gasteiger partial charge on any atom is 0.390 e. The van der Waals surface area contributed by atoms with Crippen LogP contribution in [0.15, 0.2) is 18.2 Å². The summed E-state index contributed by atoms with van der Waals surface area (Å²) in [5.41, 5.74) is 6.52. The lowest BCUT2D eigenvalue weighted by molar-refractivity contribution is -0.131. The van der Waals surface area contributed by atoms with Gasteiger partial charge in [-0.1, -0.05) is 0 Å². The first kappa shape index (κ1) is 15.1. The Balaban J connectivity index is 2.80. The van der Waals surface area contributed by atoms with Gasteiger partial charge in [-0.2, -0.15) is 13.2 Å². The van der Waals surface area contributed by atoms with Crippen LogP contribution >= 0.6 is 0 Å². The molecule has 0 fully saturated rings. The first-order valence-corrected chi connectivity index (χ1v) is 5.82. The van der Waals surface area contributed by atoms with Gasteiger partial charge in [0, 0.05) is 24.5 Å². The van der Waals surface area contributed by atoms with Crippen LogP contribution in [0.2, 0.25) is 0 Å². The Kier molecular flexibility index (Phi) is 5.02. The van der Waals surface area contributed by atoms with Gasteiger partial charge in [0.1, 0.15) is 0 Å². The standard InChI is InChI=1S/C12H16F3N3O/c1-2-17-11(19)9-4-3-8(16)7-10(9)18-6-5-12(13,14)15/h3-4,7,18H,2,5-6,16H2,1H3,(H,17,19). The highest BCUT2D eigenvalue weighted by Gasteiger charge is 2.26. The summed E-state index contributed by atoms with van der Waals surface area (Å²) >= 11 is 0. The monoisotopic (exact) mass is 275 g/mol. The Bertz CT molecular complexity index is 446. The average Bonchev–Trinajstić information content (AvgIpc) is 2.27. The molecule has 106 valence electrons. The molecule has 19 heavy (non-hydrogen) atoms. The number of nitrogens with two attached hydrogens (primary N) is 1. The second-order valence-corrected chi connectivity index (χ2v) is 3.96. The van der Waals surface area contributed by atoms with E-state index < -0.39 is 12.6 Å². The number of alkyl halides is 3. The Morgan fingerprint density at radius 3 is 2.63 bits per heavy atom. The van der Waals surface area contributed by atoms with Gasteiger partial charge in [0.05, 0.1) is 12.0 Å². The molecule has 4 nitrogen and oxygen atoms in total. The molecule has 0 atom stereocenters. The number of rotatable bonds is 5. The molecule has 0 spiro atoms. The summed E-state index contributed by atoms with van der Waals surface area (Å²) in [7, 11) is 0. The van der Waals surface area contributed by atoms with E-state index in [1.165, 1.54) is 18.2 Å². The summed E-state index contributed by atoms with van der Waals surface area (Å²) in [5.74, 6) is -0.350. The minimum Gasteiger partial charge on any atom is -0.399 e. The largest absolute Gasteiger partial charge is 0.399 e. The topological polar surface area (TPSA) is 67.2 Å². The number of carbonyl (C=O) groups is 1. The van der Waals surface area contributed by atoms with Gasteiger partial charge in [0.2, 0.25) is 0 Å². The van der Waals surface area contributed by atoms with E-state index in [2.05, 4.69) is 10.6 Å². The van der Waals surface area contributed by atoms with Crippen molar-refractivity contribution in [2.45, 2.75) is 19.5 Å². The fraction of sp³-hybridized carbons (Fsp3) is 0.417. The quantitative estimate of drug-likeness (QED) is 0.723. The highest BCUT2D eigenvalue weighted by molar-refractivity contribution is 6.00. The molecule has 0 unspecified atom stereocenters. The number of halogens is 3. The zero-order chi connectivity index (χ0) is 14.5. The molecule has 0 aliphatic rings. The normalized spacial score (nSPS) is 11.2. The first-order valence-electron chi connectivity index (χ1n) is 5.82. The van der Waals surface area contributed by atoms with Crippen LogP contribution in [0, 0.1) is 0 Å². The number of amides is 1. The van der Waals surface area contributed by atoms with Gasteiger partial charge in [-0.15, -0.1) is 0 Å². The van der Waals surface area contributed by atoms with Gasteiger partial charge in [-0.3, -0.25) is 4.79 Å². The molecule has 7 heteroatoms. The number of hydrogen-bond acceptors (Lipinski definition) is 3. The van der Waals surface area contributed by atoms with E-state index in [0.29, 0.717) is 17.9 Å². The third-order valence-corrected chi connectivity index (χ3v) is 2.35. The smallest absolute Gasteiger partial charge is 0.390 e. The lowest BCUT2D eigenvalue weighted by Gasteiger charge is -2.13. The molecule has 1 rings (SSSR count). The van der Waals surface area contributed by atoms with Crippen LogP contribution in [0.1, 0.15) is 23.7 Å². The molecule has 0 radical (unpaired) electrons. The summed E-state index contributed by atoms with van der Waals surface area (Å²) in [4.78, 5) is 11.7. The predicted octanol–water partition coefficient (Wildman–Crippen LogP) is 2.38. The Hall–Kier alpha value is -1.92. The van der Waals surface area contributed by atoms with Crippen molar-refractivity contribution < 1.29 is 18.0 Å². The summed E-state index contributed by atoms with van der Waals surface area (Å²) in [6.45, 7) is 1.89. The zero-order valence-corrected chi connectivity index (χ0v) is 10.5. The second kappa shape index (κ2) is 6.31. The van der Waals surface area contributed by atoms with Gasteiger partial charge >= 0.3 is 6.18 Å². The fourth-order valence-electron chi connectivity index (χ4n) is 1.50. The molecule has 0 saturated heterocycles. The number of carbonyl (C=O) groups excluding carboxylic acids is 1. The van der Waals surface area contributed by atoms with E-state index in [-0.39, 0.29) is 18.0 Å². The van der Waals surface area contributed by atoms with Gasteiger partial charge in [0.15, 0.2) is 0 Å². The molecule has 0 saturated carbocycles. The molecule has 0 aliphatic carbocycles. The molecule has 0 heterocycles. The molecule has 0 bridgehead atoms. The van der Waals surface area contributed by atoms with Crippen LogP contribution < -0.4 is 16.4 Å². The van der Waals surface area contributed by atoms with Crippen molar-refractivity contribution in [3.63, 3.8) is 0 Å². The number of benzene rings is 1. The van der Waals surface area contributed by atoms with Gasteiger partial charge in [0.25, 0.3) is 5.91 Å². The number of anilines is 2. The van der Waals surface area contributed by atoms with Crippen LogP contribution in [0.25, 0.3) is 0 Å². The summed E-state index contributed by atoms with van der Waals surface area (Å²) in [6, 6.07) is 4.46. The van der Waals surface area contributed by atoms with Gasteiger partial charge in [-0.25, -0.2) is 0 Å². The molecule has 1 aromatic carbocycles. The molecule has 4 N–H and O–H groups in total. The van der Waals surface area contributed by atoms with E-state index >= 15 is 0 Å². The molecular formula is C12H16F3N3O. The van der Waals surface area contributed by atoms with Crippen LogP contribution in [0.5, 0.6) is 0 Å². The maximum absolute atomic E-state index is 12.1. The number of nitrogen functional groups attached to an aromatic ring is 1. The molecule has 0 aliphatic heterocycles. The summed E-state index contributed by atoms with van der Waals surface area (Å²) in [5, 5.41) is 5.18. The molecule has 1 amide bonds. The summed E-state index contributed by atoms with van der Waals surface area (Å²) < 4.78 is 36.2. The van der Waals surface area contributed by atoms with Crippen molar-refractivity contribution in [2.75, 3.05) is 24.1 Å². The van der Waals surface area contributed by atoms with Crippen LogP contribution in [0.3, 0.4) is 0 Å². The Morgan fingerprint density at radius 1 is 1.37 bits per heavy atom. The van der Waals surface area contributed by atoms with E-state index in [1.54, 1.807) is 6.92 Å². The third-order valence-electron chi connectivity index (χ3n) is 2.35. The van der Waals surface area contributed by atoms with Crippen LogP contribution in [0.4, 0.5) is 24.5 Å². The Morgan fingerprint density at radius 2 is 2.05 bits per heavy atom. The van der Waals surface area contributed by atoms with Gasteiger partial charge < -0.3 is 16.4 Å². The van der Waals surface area contributed by atoms with Crippen molar-refractivity contribution in [3.8, 4) is 0 Å². The van der Waals surface area contributed by atoms with E-state index in [4.69, 9.17) is 5.73 Å². The van der Waals surface area contributed by atoms with E-state index in [1.807, 2.05) is 0 Å². The minimum atomic E-state index is -4.24. The van der Waals surface area contributed by atoms with Crippen LogP contribution in [-0.4, -0.2) is 25.2 Å². The van der Waals surface area contributed by atoms with Crippen molar-refractivity contribution in [1.29, 1.82) is 0 Å². The average molecular weight is 275 g/mol. The maximum atomic E-state index is 12.1. The van der Waals surface area contributed by atoms with Crippen molar-refractivity contribution in [3.05, 3.63) is 23.8 Å². The molecular weight excluding hydrogens is 259 g/mol. The highest BCUT2D eigenvalue weighted by Crippen LogP contribution is 2.22. The second-order valence-electron chi connectivity index (χ2n) is 3.96. The van der Waals surface area contributed by atoms with Crippen molar-refractivity contribution in [1.82, 2.24) is 5.32 Å². The highest BCUT2D eigenvalue weighted by atomic mass is 19.4.